The van der Waals surface area contributed by atoms with E-state index in [1.54, 1.807) is 4.68 Å². The van der Waals surface area contributed by atoms with E-state index in [2.05, 4.69) is 24.3 Å². The molecule has 1 N–H and O–H groups in total. The van der Waals surface area contributed by atoms with E-state index in [1.165, 1.54) is 6.26 Å². The average molecular weight is 273 g/mol. The maximum Gasteiger partial charge on any atom is 0.147 e. The number of aromatic nitrogens is 2. The van der Waals surface area contributed by atoms with Gasteiger partial charge in [-0.2, -0.15) is 5.10 Å². The van der Waals surface area contributed by atoms with Crippen LogP contribution in [-0.2, 0) is 22.9 Å². The van der Waals surface area contributed by atoms with Gasteiger partial charge in [0.05, 0.1) is 11.9 Å². The highest BCUT2D eigenvalue weighted by Gasteiger charge is 2.03. The molecule has 1 rings (SSSR count). The van der Waals surface area contributed by atoms with Gasteiger partial charge in [-0.3, -0.25) is 4.68 Å². The van der Waals surface area contributed by atoms with Crippen molar-refractivity contribution in [2.75, 3.05) is 18.6 Å². The Kier molecular flexibility index (Phi) is 5.81. The summed E-state index contributed by atoms with van der Waals surface area (Å²) in [5.41, 5.74) is 1.13. The van der Waals surface area contributed by atoms with Crippen LogP contribution < -0.4 is 5.32 Å². The lowest BCUT2D eigenvalue weighted by Crippen LogP contribution is -2.18. The van der Waals surface area contributed by atoms with Gasteiger partial charge in [0.15, 0.2) is 0 Å². The van der Waals surface area contributed by atoms with E-state index >= 15 is 0 Å². The Morgan fingerprint density at radius 2 is 2.17 bits per heavy atom. The van der Waals surface area contributed by atoms with Crippen molar-refractivity contribution in [1.82, 2.24) is 15.1 Å². The standard InChI is InChI=1S/C12H23N3O2S/c1-11(2)7-13-8-12-9-14-15(10-12)5-4-6-18(3,16)17/h9-11,13H,4-8H2,1-3H3. The van der Waals surface area contributed by atoms with Gasteiger partial charge < -0.3 is 5.32 Å². The second-order valence-corrected chi connectivity index (χ2v) is 7.38. The molecule has 0 atom stereocenters. The molecule has 0 aliphatic carbocycles. The number of hydrogen-bond acceptors (Lipinski definition) is 4. The molecule has 1 heterocycles. The summed E-state index contributed by atoms with van der Waals surface area (Å²) in [6.45, 7) is 6.78. The highest BCUT2D eigenvalue weighted by molar-refractivity contribution is 7.90. The van der Waals surface area contributed by atoms with Gasteiger partial charge in [0.2, 0.25) is 0 Å². The van der Waals surface area contributed by atoms with Crippen LogP contribution in [0.1, 0.15) is 25.8 Å². The molecule has 1 aromatic rings. The van der Waals surface area contributed by atoms with Gasteiger partial charge in [-0.1, -0.05) is 13.8 Å². The zero-order valence-corrected chi connectivity index (χ0v) is 12.2. The van der Waals surface area contributed by atoms with Crippen molar-refractivity contribution in [3.05, 3.63) is 18.0 Å². The van der Waals surface area contributed by atoms with Crippen molar-refractivity contribution in [1.29, 1.82) is 0 Å². The Morgan fingerprint density at radius 3 is 2.78 bits per heavy atom. The molecule has 0 aromatic carbocycles. The fourth-order valence-electron chi connectivity index (χ4n) is 1.61. The van der Waals surface area contributed by atoms with Crippen molar-refractivity contribution in [3.8, 4) is 0 Å². The number of hydrogen-bond donors (Lipinski definition) is 1. The molecule has 0 saturated carbocycles. The lowest BCUT2D eigenvalue weighted by Gasteiger charge is -2.05. The number of nitrogens with zero attached hydrogens (tertiary/aromatic N) is 2. The van der Waals surface area contributed by atoms with Crippen molar-refractivity contribution >= 4 is 9.84 Å². The lowest BCUT2D eigenvalue weighted by molar-refractivity contribution is 0.551. The fourth-order valence-corrected chi connectivity index (χ4v) is 2.27. The summed E-state index contributed by atoms with van der Waals surface area (Å²) in [6.07, 6.45) is 5.67. The maximum absolute atomic E-state index is 11.0. The third kappa shape index (κ3) is 6.76. The van der Waals surface area contributed by atoms with Crippen LogP contribution in [0.25, 0.3) is 0 Å². The van der Waals surface area contributed by atoms with Gasteiger partial charge in [0.25, 0.3) is 0 Å². The van der Waals surface area contributed by atoms with Crippen LogP contribution in [0.4, 0.5) is 0 Å². The summed E-state index contributed by atoms with van der Waals surface area (Å²) in [5.74, 6) is 0.850. The molecule has 0 unspecified atom stereocenters. The second kappa shape index (κ2) is 6.89. The molecule has 0 aliphatic heterocycles. The molecule has 6 heteroatoms. The van der Waals surface area contributed by atoms with E-state index in [4.69, 9.17) is 0 Å². The first-order valence-corrected chi connectivity index (χ1v) is 8.32. The van der Waals surface area contributed by atoms with Crippen molar-refractivity contribution in [3.63, 3.8) is 0 Å². The Morgan fingerprint density at radius 1 is 1.44 bits per heavy atom. The summed E-state index contributed by atoms with van der Waals surface area (Å²) in [5, 5.41) is 7.56. The van der Waals surface area contributed by atoms with Crippen molar-refractivity contribution in [2.24, 2.45) is 5.92 Å². The van der Waals surface area contributed by atoms with Gasteiger partial charge in [-0.05, 0) is 18.9 Å². The third-order valence-corrected chi connectivity index (χ3v) is 3.50. The second-order valence-electron chi connectivity index (χ2n) is 5.12. The molecular formula is C12H23N3O2S. The van der Waals surface area contributed by atoms with Crippen LogP contribution in [-0.4, -0.2) is 36.8 Å². The molecule has 104 valence electrons. The van der Waals surface area contributed by atoms with E-state index in [0.29, 0.717) is 18.9 Å². The number of aryl methyl sites for hydroxylation is 1. The van der Waals surface area contributed by atoms with Gasteiger partial charge in [-0.25, -0.2) is 8.42 Å². The lowest BCUT2D eigenvalue weighted by atomic mass is 10.2. The van der Waals surface area contributed by atoms with Gasteiger partial charge in [-0.15, -0.1) is 0 Å². The van der Waals surface area contributed by atoms with Crippen molar-refractivity contribution in [2.45, 2.75) is 33.4 Å². The van der Waals surface area contributed by atoms with E-state index < -0.39 is 9.84 Å². The zero-order chi connectivity index (χ0) is 13.6. The van der Waals surface area contributed by atoms with Gasteiger partial charge in [0, 0.05) is 31.1 Å². The van der Waals surface area contributed by atoms with E-state index in [1.807, 2.05) is 12.4 Å². The van der Waals surface area contributed by atoms with E-state index in [-0.39, 0.29) is 5.75 Å². The first-order chi connectivity index (χ1) is 8.37. The Bertz CT molecular complexity index is 452. The zero-order valence-electron chi connectivity index (χ0n) is 11.4. The van der Waals surface area contributed by atoms with Crippen LogP contribution in [0.2, 0.25) is 0 Å². The number of rotatable bonds is 8. The SMILES string of the molecule is CC(C)CNCc1cnn(CCCS(C)(=O)=O)c1. The minimum atomic E-state index is -2.86. The fraction of sp³-hybridized carbons (Fsp3) is 0.750. The monoisotopic (exact) mass is 273 g/mol. The summed E-state index contributed by atoms with van der Waals surface area (Å²) in [7, 11) is -2.86. The van der Waals surface area contributed by atoms with Crippen LogP contribution in [0.15, 0.2) is 12.4 Å². The summed E-state index contributed by atoms with van der Waals surface area (Å²) >= 11 is 0. The largest absolute Gasteiger partial charge is 0.312 e. The van der Waals surface area contributed by atoms with E-state index in [9.17, 15) is 8.42 Å². The third-order valence-electron chi connectivity index (χ3n) is 2.47. The Labute approximate surface area is 109 Å². The smallest absolute Gasteiger partial charge is 0.147 e. The van der Waals surface area contributed by atoms with Crippen LogP contribution in [0, 0.1) is 5.92 Å². The molecule has 0 radical (unpaired) electrons. The first kappa shape index (κ1) is 15.2. The normalized spacial score (nSPS) is 12.2. The Hall–Kier alpha value is -0.880. The van der Waals surface area contributed by atoms with Crippen LogP contribution in [0.5, 0.6) is 0 Å². The Balaban J connectivity index is 2.30. The molecule has 1 aromatic heterocycles. The van der Waals surface area contributed by atoms with Crippen molar-refractivity contribution < 1.29 is 8.42 Å². The first-order valence-electron chi connectivity index (χ1n) is 6.26. The molecule has 18 heavy (non-hydrogen) atoms. The highest BCUT2D eigenvalue weighted by atomic mass is 32.2. The predicted molar refractivity (Wildman–Crippen MR) is 73.1 cm³/mol. The molecule has 5 nitrogen and oxygen atoms in total. The van der Waals surface area contributed by atoms with Gasteiger partial charge in [0.1, 0.15) is 9.84 Å². The summed E-state index contributed by atoms with van der Waals surface area (Å²) in [6, 6.07) is 0. The molecule has 0 fully saturated rings. The molecule has 0 saturated heterocycles. The molecular weight excluding hydrogens is 250 g/mol. The molecule has 0 spiro atoms. The quantitative estimate of drug-likeness (QED) is 0.769. The molecule has 0 aliphatic rings. The van der Waals surface area contributed by atoms with Gasteiger partial charge >= 0.3 is 0 Å². The van der Waals surface area contributed by atoms with Crippen LogP contribution in [0.3, 0.4) is 0 Å². The predicted octanol–water partition coefficient (Wildman–Crippen LogP) is 1.06. The van der Waals surface area contributed by atoms with Crippen LogP contribution >= 0.6 is 0 Å². The molecule has 0 amide bonds. The minimum Gasteiger partial charge on any atom is -0.312 e. The van der Waals surface area contributed by atoms with E-state index in [0.717, 1.165) is 18.7 Å². The maximum atomic E-state index is 11.0. The molecule has 0 bridgehead atoms. The summed E-state index contributed by atoms with van der Waals surface area (Å²) < 4.78 is 23.8. The highest BCUT2D eigenvalue weighted by Crippen LogP contribution is 2.00. The average Bonchev–Trinajstić information content (AvgIpc) is 2.63. The topological polar surface area (TPSA) is 64.0 Å². The minimum absolute atomic E-state index is 0.216. The summed E-state index contributed by atoms with van der Waals surface area (Å²) in [4.78, 5) is 0. The number of sulfone groups is 1. The number of nitrogens with one attached hydrogen (secondary N) is 1.